The molecule has 0 unspecified atom stereocenters. The summed E-state index contributed by atoms with van der Waals surface area (Å²) in [6.07, 6.45) is 2.55. The molecule has 2 aliphatic heterocycles. The van der Waals surface area contributed by atoms with Gasteiger partial charge >= 0.3 is 13.2 Å². The fraction of sp³-hybridized carbons (Fsp3) is 0.514. The lowest BCUT2D eigenvalue weighted by Gasteiger charge is -2.41. The van der Waals surface area contributed by atoms with Crippen molar-refractivity contribution < 1.29 is 23.6 Å². The van der Waals surface area contributed by atoms with E-state index in [1.807, 2.05) is 39.8 Å². The van der Waals surface area contributed by atoms with Crippen molar-refractivity contribution in [1.82, 2.24) is 15.2 Å². The van der Waals surface area contributed by atoms with Crippen molar-refractivity contribution in [2.24, 2.45) is 0 Å². The van der Waals surface area contributed by atoms with Crippen molar-refractivity contribution in [3.8, 4) is 5.75 Å². The molecule has 0 radical (unpaired) electrons. The fourth-order valence-corrected chi connectivity index (χ4v) is 6.20. The highest BCUT2D eigenvalue weighted by molar-refractivity contribution is 6.62. The fourth-order valence-electron chi connectivity index (χ4n) is 6.20. The van der Waals surface area contributed by atoms with Crippen LogP contribution >= 0.6 is 0 Å². The van der Waals surface area contributed by atoms with E-state index < -0.39 is 23.9 Å². The number of pyridine rings is 1. The van der Waals surface area contributed by atoms with Crippen molar-refractivity contribution >= 4 is 35.3 Å². The number of nitrogens with zero attached hydrogens (tertiary/aromatic N) is 2. The second-order valence-corrected chi connectivity index (χ2v) is 15.3. The van der Waals surface area contributed by atoms with Gasteiger partial charge in [-0.25, -0.2) is 4.79 Å². The maximum atomic E-state index is 12.6. The summed E-state index contributed by atoms with van der Waals surface area (Å²) < 4.78 is 24.7. The zero-order valence-corrected chi connectivity index (χ0v) is 28.9. The van der Waals surface area contributed by atoms with Crippen molar-refractivity contribution in [2.75, 3.05) is 13.2 Å². The molecule has 9 heteroatoms. The molecule has 3 aliphatic rings. The molecule has 2 saturated heterocycles. The van der Waals surface area contributed by atoms with Gasteiger partial charge in [0.05, 0.1) is 28.3 Å². The monoisotopic (exact) mass is 625 g/mol. The maximum absolute atomic E-state index is 12.6. The number of hydrogen-bond donors (Lipinski definition) is 1. The van der Waals surface area contributed by atoms with Crippen molar-refractivity contribution in [1.29, 1.82) is 0 Å². The summed E-state index contributed by atoms with van der Waals surface area (Å²) in [7, 11) is -0.479. The zero-order valence-electron chi connectivity index (χ0n) is 28.9. The highest BCUT2D eigenvalue weighted by Gasteiger charge is 2.53. The summed E-state index contributed by atoms with van der Waals surface area (Å²) >= 11 is 0. The van der Waals surface area contributed by atoms with Crippen LogP contribution in [0.4, 0.5) is 4.79 Å². The third-order valence-corrected chi connectivity index (χ3v) is 9.90. The third-order valence-electron chi connectivity index (χ3n) is 9.90. The average molecular weight is 626 g/mol. The summed E-state index contributed by atoms with van der Waals surface area (Å²) in [6, 6.07) is 14.7. The Morgan fingerprint density at radius 1 is 1.07 bits per heavy atom. The number of nitrogens with one attached hydrogen (secondary N) is 1. The first-order chi connectivity index (χ1) is 21.5. The summed E-state index contributed by atoms with van der Waals surface area (Å²) in [4.78, 5) is 19.2. The molecule has 2 aromatic carbocycles. The Balaban J connectivity index is 1.22. The van der Waals surface area contributed by atoms with E-state index in [1.54, 1.807) is 4.90 Å². The van der Waals surface area contributed by atoms with E-state index in [0.717, 1.165) is 63.9 Å². The quantitative estimate of drug-likeness (QED) is 0.276. The van der Waals surface area contributed by atoms with Crippen LogP contribution in [-0.4, -0.2) is 59.1 Å². The highest BCUT2D eigenvalue weighted by atomic mass is 16.7. The van der Waals surface area contributed by atoms with Crippen LogP contribution in [-0.2, 0) is 19.6 Å². The largest absolute Gasteiger partial charge is 0.494 e. The van der Waals surface area contributed by atoms with Crippen LogP contribution in [0, 0.1) is 13.8 Å². The number of aryl methyl sites for hydroxylation is 2. The average Bonchev–Trinajstić information content (AvgIpc) is 3.66. The molecule has 6 rings (SSSR count). The number of benzene rings is 2. The number of carbonyl (C=O) groups is 1. The first kappa shape index (κ1) is 32.4. The molecule has 1 saturated carbocycles. The topological polar surface area (TPSA) is 82.2 Å². The molecule has 1 N–H and O–H groups in total. The van der Waals surface area contributed by atoms with E-state index in [2.05, 4.69) is 76.8 Å². The minimum Gasteiger partial charge on any atom is -0.491 e. The minimum atomic E-state index is -0.523. The van der Waals surface area contributed by atoms with E-state index in [-0.39, 0.29) is 17.7 Å². The summed E-state index contributed by atoms with van der Waals surface area (Å²) in [5, 5.41) is 4.95. The Morgan fingerprint density at radius 3 is 2.37 bits per heavy atom. The maximum Gasteiger partial charge on any atom is 0.494 e. The lowest BCUT2D eigenvalue weighted by atomic mass is 9.76. The van der Waals surface area contributed by atoms with Gasteiger partial charge in [0.2, 0.25) is 0 Å². The summed E-state index contributed by atoms with van der Waals surface area (Å²) in [6.45, 7) is 23.7. The molecular weight excluding hydrogens is 577 g/mol. The first-order valence-electron chi connectivity index (χ1n) is 16.4. The van der Waals surface area contributed by atoms with Gasteiger partial charge in [-0.3, -0.25) is 4.98 Å². The Kier molecular flexibility index (Phi) is 7.96. The Morgan fingerprint density at radius 2 is 1.76 bits per heavy atom. The second-order valence-electron chi connectivity index (χ2n) is 15.3. The normalized spacial score (nSPS) is 21.1. The van der Waals surface area contributed by atoms with E-state index in [4.69, 9.17) is 23.8 Å². The predicted molar refractivity (Wildman–Crippen MR) is 183 cm³/mol. The van der Waals surface area contributed by atoms with Gasteiger partial charge in [0.15, 0.2) is 0 Å². The van der Waals surface area contributed by atoms with Crippen molar-refractivity contribution in [2.45, 2.75) is 110 Å². The highest BCUT2D eigenvalue weighted by Crippen LogP contribution is 2.49. The Bertz CT molecular complexity index is 1670. The van der Waals surface area contributed by atoms with Gasteiger partial charge in [0.1, 0.15) is 18.0 Å². The van der Waals surface area contributed by atoms with E-state index in [9.17, 15) is 4.79 Å². The number of aromatic nitrogens is 1. The van der Waals surface area contributed by atoms with Gasteiger partial charge in [0.25, 0.3) is 0 Å². The molecule has 1 atom stereocenters. The molecule has 1 aromatic heterocycles. The molecule has 0 spiro atoms. The van der Waals surface area contributed by atoms with E-state index in [0.29, 0.717) is 13.2 Å². The van der Waals surface area contributed by atoms with Crippen LogP contribution in [0.15, 0.2) is 49.0 Å². The number of carbonyl (C=O) groups excluding carboxylic acids is 1. The Hall–Kier alpha value is -3.56. The van der Waals surface area contributed by atoms with Crippen LogP contribution in [0.3, 0.4) is 0 Å². The molecule has 1 aliphatic carbocycles. The van der Waals surface area contributed by atoms with Gasteiger partial charge in [-0.05, 0) is 122 Å². The SMILES string of the molecule is C=C(NC1(c2cc(B3OC(C)(C)C(C)(C)O3)cc3nc(C)ccc23)CC1)c1cc(OC[C@@H]2CCN2C(=O)OC(C)(C)C)ccc1C. The lowest BCUT2D eigenvalue weighted by molar-refractivity contribution is -0.0141. The number of rotatable bonds is 8. The third kappa shape index (κ3) is 6.24. The molecule has 8 nitrogen and oxygen atoms in total. The molecule has 244 valence electrons. The number of ether oxygens (including phenoxy) is 2. The lowest BCUT2D eigenvalue weighted by Crippen LogP contribution is -2.55. The van der Waals surface area contributed by atoms with Gasteiger partial charge in [-0.1, -0.05) is 24.8 Å². The first-order valence-corrected chi connectivity index (χ1v) is 16.4. The molecule has 1 amide bonds. The smallest absolute Gasteiger partial charge is 0.491 e. The van der Waals surface area contributed by atoms with Gasteiger partial charge in [-0.2, -0.15) is 0 Å². The van der Waals surface area contributed by atoms with Crippen molar-refractivity contribution in [3.63, 3.8) is 0 Å². The van der Waals surface area contributed by atoms with Crippen LogP contribution in [0.25, 0.3) is 16.6 Å². The van der Waals surface area contributed by atoms with E-state index >= 15 is 0 Å². The van der Waals surface area contributed by atoms with Crippen LogP contribution in [0.2, 0.25) is 0 Å². The van der Waals surface area contributed by atoms with Crippen LogP contribution in [0.1, 0.15) is 90.1 Å². The van der Waals surface area contributed by atoms with Crippen LogP contribution < -0.4 is 15.5 Å². The Labute approximate surface area is 274 Å². The summed E-state index contributed by atoms with van der Waals surface area (Å²) in [5.41, 5.74) is 5.33. The molecule has 46 heavy (non-hydrogen) atoms. The van der Waals surface area contributed by atoms with Gasteiger partial charge in [0, 0.05) is 28.9 Å². The van der Waals surface area contributed by atoms with Gasteiger partial charge in [-0.15, -0.1) is 0 Å². The predicted octanol–water partition coefficient (Wildman–Crippen LogP) is 6.79. The summed E-state index contributed by atoms with van der Waals surface area (Å²) in [5.74, 6) is 0.748. The van der Waals surface area contributed by atoms with E-state index in [1.165, 1.54) is 5.56 Å². The minimum absolute atomic E-state index is 0.00237. The number of hydrogen-bond acceptors (Lipinski definition) is 7. The number of amides is 1. The molecule has 0 bridgehead atoms. The second kappa shape index (κ2) is 11.3. The molecule has 3 fully saturated rings. The number of likely N-dealkylation sites (tertiary alicyclic amines) is 1. The van der Waals surface area contributed by atoms with Gasteiger partial charge < -0.3 is 29.0 Å². The molecular formula is C37H48BN3O5. The molecule has 3 heterocycles. The standard InChI is InChI=1S/C37H48BN3O5/c1-23-11-13-28(43-22-27-15-18-41(27)33(42)44-34(4,5)6)21-30(23)25(3)40-37(16-17-37)31-19-26(20-32-29(31)14-12-24(2)39-32)38-45-35(7,8)36(9,10)46-38/h11-14,19-21,27,40H,3,15-18,22H2,1-2,4-10H3/t27-/m0/s1. The molecule has 3 aromatic rings. The zero-order chi connectivity index (χ0) is 33.2. The van der Waals surface area contributed by atoms with Crippen molar-refractivity contribution in [3.05, 3.63) is 71.4 Å². The van der Waals surface area contributed by atoms with Crippen LogP contribution in [0.5, 0.6) is 5.75 Å². The number of fused-ring (bicyclic) bond motifs is 1.